The molecule has 0 unspecified atom stereocenters. The van der Waals surface area contributed by atoms with E-state index in [1.54, 1.807) is 22.6 Å². The van der Waals surface area contributed by atoms with E-state index in [1.807, 2.05) is 49.4 Å². The molecule has 0 atom stereocenters. The number of aliphatic imine (C=N–C) groups is 1. The number of halogens is 1. The van der Waals surface area contributed by atoms with Crippen molar-refractivity contribution in [3.05, 3.63) is 75.2 Å². The molecule has 0 radical (unpaired) electrons. The van der Waals surface area contributed by atoms with Crippen LogP contribution in [0.25, 0.3) is 6.08 Å². The fourth-order valence-corrected chi connectivity index (χ4v) is 4.08. The molecule has 0 saturated carbocycles. The summed E-state index contributed by atoms with van der Waals surface area (Å²) in [5.41, 5.74) is 2.20. The third kappa shape index (κ3) is 4.49. The van der Waals surface area contributed by atoms with Gasteiger partial charge in [0, 0.05) is 6.20 Å². The van der Waals surface area contributed by atoms with Crippen molar-refractivity contribution in [1.82, 2.24) is 4.90 Å². The summed E-state index contributed by atoms with van der Waals surface area (Å²) in [7, 11) is 0. The number of amides is 1. The topological polar surface area (TPSA) is 75.0 Å². The highest BCUT2D eigenvalue weighted by atomic mass is 79.9. The Bertz CT molecular complexity index is 1090. The van der Waals surface area contributed by atoms with Crippen molar-refractivity contribution in [2.24, 2.45) is 4.99 Å². The van der Waals surface area contributed by atoms with E-state index in [0.29, 0.717) is 24.1 Å². The van der Waals surface area contributed by atoms with Gasteiger partial charge in [0.1, 0.15) is 30.5 Å². The summed E-state index contributed by atoms with van der Waals surface area (Å²) in [4.78, 5) is 17.9. The average molecular weight is 484 g/mol. The second-order valence-electron chi connectivity index (χ2n) is 6.58. The quantitative estimate of drug-likeness (QED) is 0.462. The van der Waals surface area contributed by atoms with Gasteiger partial charge in [0.25, 0.3) is 5.91 Å². The number of aryl methyl sites for hydroxylation is 1. The first kappa shape index (κ1) is 20.4. The summed E-state index contributed by atoms with van der Waals surface area (Å²) >= 11 is 4.83. The largest absolute Gasteiger partial charge is 0.490 e. The van der Waals surface area contributed by atoms with Gasteiger partial charge < -0.3 is 9.47 Å². The summed E-state index contributed by atoms with van der Waals surface area (Å²) in [5.74, 6) is 1.19. The number of carbonyl (C=O) groups excluding carboxylic acids is 1. The predicted molar refractivity (Wildman–Crippen MR) is 123 cm³/mol. The van der Waals surface area contributed by atoms with Gasteiger partial charge in [-0.05, 0) is 64.2 Å². The standard InChI is InChI=1S/C22H18BrN3O3S/c1-14-2-5-16(6-3-14)28-9-10-29-19-7-4-15(13-18(19)23)12-17-20(24)26-8-11-30-22(26)25-21(17)27/h2-8,11-13,24H,9-10H2,1H3/b17-12-,24-20?. The van der Waals surface area contributed by atoms with E-state index in [4.69, 9.17) is 14.9 Å². The smallest absolute Gasteiger partial charge is 0.283 e. The van der Waals surface area contributed by atoms with Gasteiger partial charge in [0.15, 0.2) is 5.17 Å². The molecule has 0 aromatic heterocycles. The summed E-state index contributed by atoms with van der Waals surface area (Å²) in [6.45, 7) is 2.85. The van der Waals surface area contributed by atoms with E-state index in [0.717, 1.165) is 15.8 Å². The molecular formula is C22H18BrN3O3S. The van der Waals surface area contributed by atoms with Gasteiger partial charge in [-0.15, -0.1) is 0 Å². The first-order chi connectivity index (χ1) is 14.5. The highest BCUT2D eigenvalue weighted by molar-refractivity contribution is 9.10. The average Bonchev–Trinajstić information content (AvgIpc) is 3.19. The molecule has 2 heterocycles. The SMILES string of the molecule is Cc1ccc(OCCOc2ccc(/C=C3/C(=N)N4C=CSC4=NC3=O)cc2Br)cc1. The molecule has 0 spiro atoms. The Labute approximate surface area is 186 Å². The molecular weight excluding hydrogens is 466 g/mol. The highest BCUT2D eigenvalue weighted by Gasteiger charge is 2.30. The van der Waals surface area contributed by atoms with Gasteiger partial charge in [0.05, 0.1) is 10.0 Å². The number of hydrogen-bond acceptors (Lipinski definition) is 5. The van der Waals surface area contributed by atoms with Crippen molar-refractivity contribution in [3.63, 3.8) is 0 Å². The van der Waals surface area contributed by atoms with Gasteiger partial charge >= 0.3 is 0 Å². The number of nitrogens with zero attached hydrogens (tertiary/aromatic N) is 2. The summed E-state index contributed by atoms with van der Waals surface area (Å²) in [5, 5.41) is 10.6. The first-order valence-electron chi connectivity index (χ1n) is 9.19. The van der Waals surface area contributed by atoms with Crippen molar-refractivity contribution in [3.8, 4) is 11.5 Å². The van der Waals surface area contributed by atoms with Crippen molar-refractivity contribution in [2.45, 2.75) is 6.92 Å². The fraction of sp³-hybridized carbons (Fsp3) is 0.136. The number of ether oxygens (including phenoxy) is 2. The van der Waals surface area contributed by atoms with E-state index >= 15 is 0 Å². The lowest BCUT2D eigenvalue weighted by Crippen LogP contribution is -2.35. The molecule has 2 aliphatic rings. The van der Waals surface area contributed by atoms with Gasteiger partial charge in [-0.3, -0.25) is 15.1 Å². The zero-order valence-corrected chi connectivity index (χ0v) is 18.5. The molecule has 0 aliphatic carbocycles. The lowest BCUT2D eigenvalue weighted by atomic mass is 10.1. The van der Waals surface area contributed by atoms with E-state index in [-0.39, 0.29) is 11.4 Å². The maximum absolute atomic E-state index is 12.3. The Balaban J connectivity index is 1.39. The zero-order valence-electron chi connectivity index (χ0n) is 16.1. The van der Waals surface area contributed by atoms with E-state index in [1.165, 1.54) is 17.3 Å². The van der Waals surface area contributed by atoms with Gasteiger partial charge in [-0.25, -0.2) is 0 Å². The lowest BCUT2D eigenvalue weighted by molar-refractivity contribution is -0.114. The van der Waals surface area contributed by atoms with Crippen LogP contribution in [0, 0.1) is 12.3 Å². The Morgan fingerprint density at radius 3 is 2.70 bits per heavy atom. The van der Waals surface area contributed by atoms with Crippen LogP contribution in [0.5, 0.6) is 11.5 Å². The van der Waals surface area contributed by atoms with Crippen LogP contribution < -0.4 is 9.47 Å². The number of nitrogens with one attached hydrogen (secondary N) is 1. The molecule has 4 rings (SSSR count). The summed E-state index contributed by atoms with van der Waals surface area (Å²) in [6.07, 6.45) is 3.40. The molecule has 2 aliphatic heterocycles. The molecule has 152 valence electrons. The number of amidine groups is 2. The molecule has 8 heteroatoms. The lowest BCUT2D eigenvalue weighted by Gasteiger charge is -2.22. The molecule has 1 N–H and O–H groups in total. The van der Waals surface area contributed by atoms with Crippen LogP contribution in [-0.2, 0) is 4.79 Å². The maximum Gasteiger partial charge on any atom is 0.283 e. The molecule has 0 saturated heterocycles. The molecule has 2 aromatic rings. The van der Waals surface area contributed by atoms with Crippen LogP contribution in [0.4, 0.5) is 0 Å². The number of hydrogen-bond donors (Lipinski definition) is 1. The van der Waals surface area contributed by atoms with Crippen molar-refractivity contribution >= 4 is 50.7 Å². The Kier molecular flexibility index (Phi) is 6.06. The van der Waals surface area contributed by atoms with Gasteiger partial charge in [-0.1, -0.05) is 35.5 Å². The third-order valence-electron chi connectivity index (χ3n) is 4.41. The summed E-state index contributed by atoms with van der Waals surface area (Å²) in [6, 6.07) is 13.4. The molecule has 6 nitrogen and oxygen atoms in total. The number of benzene rings is 2. The molecule has 30 heavy (non-hydrogen) atoms. The molecule has 1 amide bonds. The van der Waals surface area contributed by atoms with Crippen LogP contribution in [0.15, 0.2) is 69.1 Å². The normalized spacial score (nSPS) is 16.7. The number of rotatable bonds is 6. The Morgan fingerprint density at radius 1 is 1.17 bits per heavy atom. The Hall–Kier alpha value is -2.84. The second-order valence-corrected chi connectivity index (χ2v) is 8.31. The number of fused-ring (bicyclic) bond motifs is 1. The maximum atomic E-state index is 12.3. The predicted octanol–water partition coefficient (Wildman–Crippen LogP) is 4.99. The minimum absolute atomic E-state index is 0.121. The van der Waals surface area contributed by atoms with E-state index < -0.39 is 5.91 Å². The molecule has 0 fully saturated rings. The van der Waals surface area contributed by atoms with Crippen LogP contribution >= 0.6 is 27.7 Å². The van der Waals surface area contributed by atoms with Crippen LogP contribution in [0.1, 0.15) is 11.1 Å². The summed E-state index contributed by atoms with van der Waals surface area (Å²) < 4.78 is 12.2. The van der Waals surface area contributed by atoms with Gasteiger partial charge in [0.2, 0.25) is 0 Å². The van der Waals surface area contributed by atoms with Crippen molar-refractivity contribution in [1.29, 1.82) is 5.41 Å². The van der Waals surface area contributed by atoms with Crippen molar-refractivity contribution in [2.75, 3.05) is 13.2 Å². The monoisotopic (exact) mass is 483 g/mol. The van der Waals surface area contributed by atoms with E-state index in [2.05, 4.69) is 20.9 Å². The number of thioether (sulfide) groups is 1. The fourth-order valence-electron chi connectivity index (χ4n) is 2.87. The third-order valence-corrected chi connectivity index (χ3v) is 5.79. The molecule has 2 aromatic carbocycles. The first-order valence-corrected chi connectivity index (χ1v) is 10.9. The Morgan fingerprint density at radius 2 is 1.93 bits per heavy atom. The number of carbonyl (C=O) groups is 1. The minimum Gasteiger partial charge on any atom is -0.490 e. The van der Waals surface area contributed by atoms with Crippen LogP contribution in [0.2, 0.25) is 0 Å². The second kappa shape index (κ2) is 8.89. The van der Waals surface area contributed by atoms with Crippen LogP contribution in [0.3, 0.4) is 0 Å². The van der Waals surface area contributed by atoms with Crippen molar-refractivity contribution < 1.29 is 14.3 Å². The van der Waals surface area contributed by atoms with Crippen LogP contribution in [-0.4, -0.2) is 35.0 Å². The van der Waals surface area contributed by atoms with Gasteiger partial charge in [-0.2, -0.15) is 4.99 Å². The minimum atomic E-state index is -0.410. The molecule has 0 bridgehead atoms. The van der Waals surface area contributed by atoms with E-state index in [9.17, 15) is 4.79 Å². The zero-order chi connectivity index (χ0) is 21.1. The highest BCUT2D eigenvalue weighted by Crippen LogP contribution is 2.30.